The smallest absolute Gasteiger partial charge is 0.407 e. The molecule has 1 aliphatic rings. The van der Waals surface area contributed by atoms with Crippen molar-refractivity contribution in [2.45, 2.75) is 78.0 Å². The third-order valence-corrected chi connectivity index (χ3v) is 4.49. The van der Waals surface area contributed by atoms with Gasteiger partial charge in [-0.1, -0.05) is 0 Å². The van der Waals surface area contributed by atoms with Gasteiger partial charge in [0.05, 0.1) is 6.61 Å². The molecular weight excluding hydrogens is 360 g/mol. The van der Waals surface area contributed by atoms with E-state index in [9.17, 15) is 9.59 Å². The second-order valence-electron chi connectivity index (χ2n) is 8.20. The molecule has 0 radical (unpaired) electrons. The monoisotopic (exact) mass is 392 g/mol. The molecule has 28 heavy (non-hydrogen) atoms. The van der Waals surface area contributed by atoms with Gasteiger partial charge in [-0.05, 0) is 71.9 Å². The molecule has 2 rings (SSSR count). The molecule has 0 atom stereocenters. The van der Waals surface area contributed by atoms with Crippen LogP contribution >= 0.6 is 0 Å². The van der Waals surface area contributed by atoms with E-state index in [-0.39, 0.29) is 35.2 Å². The molecule has 0 aromatic carbocycles. The molecule has 1 aliphatic carbocycles. The molecular formula is C20H32N4O4. The summed E-state index contributed by atoms with van der Waals surface area (Å²) in [6.07, 6.45) is 2.83. The number of carbonyl (C=O) groups is 2. The van der Waals surface area contributed by atoms with Crippen LogP contribution in [0, 0.1) is 6.92 Å². The summed E-state index contributed by atoms with van der Waals surface area (Å²) in [5.74, 6) is 0.374. The number of nitrogens with two attached hydrogens (primary N) is 1. The van der Waals surface area contributed by atoms with Crippen molar-refractivity contribution in [2.24, 2.45) is 5.73 Å². The highest BCUT2D eigenvalue weighted by atomic mass is 16.6. The van der Waals surface area contributed by atoms with Crippen molar-refractivity contribution in [3.05, 3.63) is 17.2 Å². The molecule has 1 aromatic rings. The molecule has 8 heteroatoms. The Morgan fingerprint density at radius 2 is 1.89 bits per heavy atom. The molecule has 1 aromatic heterocycles. The molecule has 1 fully saturated rings. The second kappa shape index (κ2) is 9.12. The van der Waals surface area contributed by atoms with Gasteiger partial charge in [-0.25, -0.2) is 4.79 Å². The summed E-state index contributed by atoms with van der Waals surface area (Å²) in [5, 5.41) is 6.25. The van der Waals surface area contributed by atoms with E-state index in [0.717, 1.165) is 31.2 Å². The molecule has 2 amide bonds. The Hall–Kier alpha value is -2.51. The Morgan fingerprint density at radius 3 is 2.43 bits per heavy atom. The van der Waals surface area contributed by atoms with Crippen LogP contribution in [0.3, 0.4) is 0 Å². The number of primary amides is 1. The Bertz CT molecular complexity index is 707. The van der Waals surface area contributed by atoms with Gasteiger partial charge in [0.2, 0.25) is 5.88 Å². The van der Waals surface area contributed by atoms with Crippen LogP contribution in [0.15, 0.2) is 6.07 Å². The van der Waals surface area contributed by atoms with Crippen LogP contribution in [0.5, 0.6) is 5.88 Å². The van der Waals surface area contributed by atoms with Crippen LogP contribution in [-0.2, 0) is 4.74 Å². The van der Waals surface area contributed by atoms with Crippen LogP contribution < -0.4 is 21.1 Å². The molecule has 0 bridgehead atoms. The zero-order valence-corrected chi connectivity index (χ0v) is 17.4. The van der Waals surface area contributed by atoms with E-state index >= 15 is 0 Å². The maximum absolute atomic E-state index is 11.9. The minimum atomic E-state index is -0.559. The van der Waals surface area contributed by atoms with Crippen molar-refractivity contribution in [1.82, 2.24) is 10.3 Å². The van der Waals surface area contributed by atoms with Gasteiger partial charge in [-0.3, -0.25) is 4.79 Å². The molecule has 0 saturated heterocycles. The van der Waals surface area contributed by atoms with Crippen molar-refractivity contribution >= 4 is 17.8 Å². The number of hydrogen-bond donors (Lipinski definition) is 3. The standard InChI is InChI=1S/C20H32N4O4/c1-6-27-18-15(16(21)25)11-12(2)17(23-18)22-13-7-9-14(10-8-13)28-19(26)24-20(3,4)5/h11,13-14H,6-10H2,1-5H3,(H2,21,25)(H,22,23)(H,24,26). The number of nitrogens with one attached hydrogen (secondary N) is 2. The van der Waals surface area contributed by atoms with Gasteiger partial charge in [-0.15, -0.1) is 0 Å². The number of amides is 2. The van der Waals surface area contributed by atoms with Crippen LogP contribution in [0.4, 0.5) is 10.6 Å². The lowest BCUT2D eigenvalue weighted by atomic mass is 9.93. The maximum Gasteiger partial charge on any atom is 0.407 e. The Kier molecular flexibility index (Phi) is 7.10. The normalized spacial score (nSPS) is 19.6. The number of ether oxygens (including phenoxy) is 2. The summed E-state index contributed by atoms with van der Waals surface area (Å²) in [5.41, 5.74) is 6.22. The van der Waals surface area contributed by atoms with E-state index in [2.05, 4.69) is 15.6 Å². The number of nitrogens with zero attached hydrogens (tertiary/aromatic N) is 1. The first-order chi connectivity index (χ1) is 13.1. The number of hydrogen-bond acceptors (Lipinski definition) is 6. The van der Waals surface area contributed by atoms with Gasteiger partial charge >= 0.3 is 6.09 Å². The van der Waals surface area contributed by atoms with Crippen molar-refractivity contribution in [3.63, 3.8) is 0 Å². The summed E-state index contributed by atoms with van der Waals surface area (Å²) in [4.78, 5) is 28.0. The topological polar surface area (TPSA) is 116 Å². The highest BCUT2D eigenvalue weighted by Crippen LogP contribution is 2.28. The van der Waals surface area contributed by atoms with Crippen molar-refractivity contribution < 1.29 is 19.1 Å². The summed E-state index contributed by atoms with van der Waals surface area (Å²) in [6.45, 7) is 9.87. The van der Waals surface area contributed by atoms with E-state index in [1.54, 1.807) is 6.07 Å². The number of pyridine rings is 1. The lowest BCUT2D eigenvalue weighted by molar-refractivity contribution is 0.0681. The predicted octanol–water partition coefficient (Wildman–Crippen LogP) is 3.14. The molecule has 1 heterocycles. The van der Waals surface area contributed by atoms with Crippen LogP contribution in [-0.4, -0.2) is 41.3 Å². The van der Waals surface area contributed by atoms with Gasteiger partial charge in [-0.2, -0.15) is 4.98 Å². The average Bonchev–Trinajstić information content (AvgIpc) is 2.57. The Morgan fingerprint density at radius 1 is 1.25 bits per heavy atom. The molecule has 0 aliphatic heterocycles. The summed E-state index contributed by atoms with van der Waals surface area (Å²) in [6, 6.07) is 1.92. The highest BCUT2D eigenvalue weighted by molar-refractivity contribution is 5.95. The molecule has 0 spiro atoms. The number of rotatable bonds is 6. The number of alkyl carbamates (subject to hydrolysis) is 1. The third kappa shape index (κ3) is 6.28. The summed E-state index contributed by atoms with van der Waals surface area (Å²) < 4.78 is 11.0. The molecule has 8 nitrogen and oxygen atoms in total. The quantitative estimate of drug-likeness (QED) is 0.685. The average molecular weight is 393 g/mol. The highest BCUT2D eigenvalue weighted by Gasteiger charge is 2.26. The van der Waals surface area contributed by atoms with Crippen molar-refractivity contribution in [1.29, 1.82) is 0 Å². The third-order valence-electron chi connectivity index (χ3n) is 4.49. The predicted molar refractivity (Wildman–Crippen MR) is 108 cm³/mol. The minimum Gasteiger partial charge on any atom is -0.477 e. The van der Waals surface area contributed by atoms with Crippen LogP contribution in [0.1, 0.15) is 69.3 Å². The lowest BCUT2D eigenvalue weighted by Gasteiger charge is -2.30. The largest absolute Gasteiger partial charge is 0.477 e. The number of aromatic nitrogens is 1. The Balaban J connectivity index is 1.95. The van der Waals surface area contributed by atoms with Gasteiger partial charge in [0.25, 0.3) is 5.91 Å². The lowest BCUT2D eigenvalue weighted by Crippen LogP contribution is -2.43. The molecule has 1 saturated carbocycles. The SMILES string of the molecule is CCOc1nc(NC2CCC(OC(=O)NC(C)(C)C)CC2)c(C)cc1C(N)=O. The van der Waals surface area contributed by atoms with Crippen LogP contribution in [0.2, 0.25) is 0 Å². The molecule has 4 N–H and O–H groups in total. The second-order valence-corrected chi connectivity index (χ2v) is 8.20. The summed E-state index contributed by atoms with van der Waals surface area (Å²) >= 11 is 0. The molecule has 0 unspecified atom stereocenters. The van der Waals surface area contributed by atoms with Crippen molar-refractivity contribution in [3.8, 4) is 5.88 Å². The number of aryl methyl sites for hydroxylation is 1. The van der Waals surface area contributed by atoms with Crippen LogP contribution in [0.25, 0.3) is 0 Å². The molecule has 156 valence electrons. The number of anilines is 1. The van der Waals surface area contributed by atoms with Gasteiger partial charge in [0.1, 0.15) is 17.5 Å². The van der Waals surface area contributed by atoms with Gasteiger partial charge < -0.3 is 25.8 Å². The maximum atomic E-state index is 11.9. The van der Waals surface area contributed by atoms with E-state index in [4.69, 9.17) is 15.2 Å². The fraction of sp³-hybridized carbons (Fsp3) is 0.650. The van der Waals surface area contributed by atoms with Gasteiger partial charge in [0, 0.05) is 11.6 Å². The number of carbonyl (C=O) groups excluding carboxylic acids is 2. The first-order valence-electron chi connectivity index (χ1n) is 9.78. The Labute approximate surface area is 166 Å². The zero-order chi connectivity index (χ0) is 20.9. The fourth-order valence-corrected chi connectivity index (χ4v) is 3.17. The minimum absolute atomic E-state index is 0.0781. The zero-order valence-electron chi connectivity index (χ0n) is 17.4. The first kappa shape index (κ1) is 21.8. The van der Waals surface area contributed by atoms with E-state index in [1.807, 2.05) is 34.6 Å². The van der Waals surface area contributed by atoms with E-state index in [1.165, 1.54) is 0 Å². The summed E-state index contributed by atoms with van der Waals surface area (Å²) in [7, 11) is 0. The first-order valence-corrected chi connectivity index (χ1v) is 9.78. The van der Waals surface area contributed by atoms with E-state index < -0.39 is 5.91 Å². The van der Waals surface area contributed by atoms with Gasteiger partial charge in [0.15, 0.2) is 0 Å². The van der Waals surface area contributed by atoms with E-state index in [0.29, 0.717) is 12.4 Å². The van der Waals surface area contributed by atoms with Crippen molar-refractivity contribution in [2.75, 3.05) is 11.9 Å². The fourth-order valence-electron chi connectivity index (χ4n) is 3.17.